The Balaban J connectivity index is 1.88. The summed E-state index contributed by atoms with van der Waals surface area (Å²) >= 11 is 0. The van der Waals surface area contributed by atoms with Crippen LogP contribution in [0.4, 0.5) is 11.4 Å². The molecule has 3 heteroatoms. The number of anilines is 2. The first-order chi connectivity index (χ1) is 10.3. The lowest BCUT2D eigenvalue weighted by atomic mass is 10.1. The average Bonchev–Trinajstić information content (AvgIpc) is 2.98. The van der Waals surface area contributed by atoms with Gasteiger partial charge in [-0.15, -0.1) is 0 Å². The van der Waals surface area contributed by atoms with Crippen molar-refractivity contribution in [2.75, 3.05) is 49.1 Å². The maximum absolute atomic E-state index is 3.55. The molecule has 1 saturated heterocycles. The first-order valence-electron chi connectivity index (χ1n) is 8.59. The van der Waals surface area contributed by atoms with E-state index < -0.39 is 0 Å². The van der Waals surface area contributed by atoms with E-state index in [1.165, 1.54) is 43.9 Å². The minimum absolute atomic E-state index is 0.805. The molecule has 0 aromatic heterocycles. The maximum atomic E-state index is 3.55. The Morgan fingerprint density at radius 1 is 1.14 bits per heavy atom. The molecule has 21 heavy (non-hydrogen) atoms. The Morgan fingerprint density at radius 2 is 1.86 bits per heavy atom. The minimum Gasteiger partial charge on any atom is -0.372 e. The molecule has 1 heterocycles. The summed E-state index contributed by atoms with van der Waals surface area (Å²) < 4.78 is 0. The standard InChI is InChI=1S/C18H31N3/c1-4-12-19-14-16-11-13-21(15-16)18-9-7-17(8-10-18)20(5-2)6-3/h7-10,16,19H,4-6,11-15H2,1-3H3. The van der Waals surface area contributed by atoms with Crippen LogP contribution in [0.5, 0.6) is 0 Å². The Morgan fingerprint density at radius 3 is 2.48 bits per heavy atom. The lowest BCUT2D eigenvalue weighted by molar-refractivity contribution is 0.516. The lowest BCUT2D eigenvalue weighted by Crippen LogP contribution is -2.27. The molecule has 1 atom stereocenters. The molecule has 3 nitrogen and oxygen atoms in total. The number of benzene rings is 1. The van der Waals surface area contributed by atoms with Crippen molar-refractivity contribution in [1.29, 1.82) is 0 Å². The highest BCUT2D eigenvalue weighted by Gasteiger charge is 2.22. The first kappa shape index (κ1) is 16.2. The topological polar surface area (TPSA) is 18.5 Å². The van der Waals surface area contributed by atoms with Crippen molar-refractivity contribution in [3.8, 4) is 0 Å². The smallest absolute Gasteiger partial charge is 0.0367 e. The van der Waals surface area contributed by atoms with Crippen LogP contribution >= 0.6 is 0 Å². The number of hydrogen-bond acceptors (Lipinski definition) is 3. The van der Waals surface area contributed by atoms with Crippen molar-refractivity contribution in [1.82, 2.24) is 5.32 Å². The van der Waals surface area contributed by atoms with Crippen LogP contribution in [0.15, 0.2) is 24.3 Å². The normalized spacial score (nSPS) is 18.2. The molecule has 1 unspecified atom stereocenters. The molecule has 0 spiro atoms. The van der Waals surface area contributed by atoms with Gasteiger partial charge in [-0.25, -0.2) is 0 Å². The van der Waals surface area contributed by atoms with Crippen molar-refractivity contribution in [3.05, 3.63) is 24.3 Å². The zero-order chi connectivity index (χ0) is 15.1. The fourth-order valence-electron chi connectivity index (χ4n) is 3.18. The summed E-state index contributed by atoms with van der Waals surface area (Å²) in [6, 6.07) is 9.11. The monoisotopic (exact) mass is 289 g/mol. The molecule has 1 aromatic carbocycles. The molecule has 1 fully saturated rings. The molecule has 2 rings (SSSR count). The zero-order valence-corrected chi connectivity index (χ0v) is 13.9. The lowest BCUT2D eigenvalue weighted by Gasteiger charge is -2.23. The van der Waals surface area contributed by atoms with E-state index in [-0.39, 0.29) is 0 Å². The maximum Gasteiger partial charge on any atom is 0.0367 e. The highest BCUT2D eigenvalue weighted by Crippen LogP contribution is 2.26. The van der Waals surface area contributed by atoms with Crippen LogP contribution in [0.3, 0.4) is 0 Å². The minimum atomic E-state index is 0.805. The van der Waals surface area contributed by atoms with E-state index in [1.54, 1.807) is 0 Å². The fraction of sp³-hybridized carbons (Fsp3) is 0.667. The van der Waals surface area contributed by atoms with Crippen molar-refractivity contribution in [2.45, 2.75) is 33.6 Å². The van der Waals surface area contributed by atoms with E-state index in [1.807, 2.05) is 0 Å². The van der Waals surface area contributed by atoms with Crippen LogP contribution < -0.4 is 15.1 Å². The van der Waals surface area contributed by atoms with Crippen molar-refractivity contribution in [2.24, 2.45) is 5.92 Å². The summed E-state index contributed by atoms with van der Waals surface area (Å²) in [5, 5.41) is 3.55. The van der Waals surface area contributed by atoms with Gasteiger partial charge in [0.1, 0.15) is 0 Å². The molecule has 1 aliphatic heterocycles. The van der Waals surface area contributed by atoms with Gasteiger partial charge in [0.2, 0.25) is 0 Å². The quantitative estimate of drug-likeness (QED) is 0.740. The largest absolute Gasteiger partial charge is 0.372 e. The van der Waals surface area contributed by atoms with Gasteiger partial charge in [-0.2, -0.15) is 0 Å². The van der Waals surface area contributed by atoms with Gasteiger partial charge in [0.05, 0.1) is 0 Å². The Hall–Kier alpha value is -1.22. The van der Waals surface area contributed by atoms with Crippen molar-refractivity contribution < 1.29 is 0 Å². The van der Waals surface area contributed by atoms with Crippen LogP contribution in [0.25, 0.3) is 0 Å². The number of hydrogen-bond donors (Lipinski definition) is 1. The summed E-state index contributed by atoms with van der Waals surface area (Å²) in [6.45, 7) is 13.5. The first-order valence-corrected chi connectivity index (χ1v) is 8.59. The van der Waals surface area contributed by atoms with E-state index in [4.69, 9.17) is 0 Å². The third-order valence-corrected chi connectivity index (χ3v) is 4.49. The SMILES string of the molecule is CCCNCC1CCN(c2ccc(N(CC)CC)cc2)C1. The van der Waals surface area contributed by atoms with E-state index >= 15 is 0 Å². The second kappa shape index (κ2) is 8.28. The molecule has 0 saturated carbocycles. The van der Waals surface area contributed by atoms with Crippen LogP contribution in [0.2, 0.25) is 0 Å². The molecule has 0 amide bonds. The highest BCUT2D eigenvalue weighted by atomic mass is 15.2. The summed E-state index contributed by atoms with van der Waals surface area (Å²) in [5.41, 5.74) is 2.72. The second-order valence-corrected chi connectivity index (χ2v) is 5.99. The fourth-order valence-corrected chi connectivity index (χ4v) is 3.18. The average molecular weight is 289 g/mol. The molecule has 118 valence electrons. The van der Waals surface area contributed by atoms with Gasteiger partial charge in [-0.3, -0.25) is 0 Å². The van der Waals surface area contributed by atoms with Gasteiger partial charge in [-0.1, -0.05) is 6.92 Å². The molecular formula is C18H31N3. The van der Waals surface area contributed by atoms with Gasteiger partial charge in [0, 0.05) is 37.6 Å². The van der Waals surface area contributed by atoms with Gasteiger partial charge in [0.25, 0.3) is 0 Å². The number of nitrogens with zero attached hydrogens (tertiary/aromatic N) is 2. The number of nitrogens with one attached hydrogen (secondary N) is 1. The predicted octanol–water partition coefficient (Wildman–Crippen LogP) is 3.36. The third kappa shape index (κ3) is 4.37. The van der Waals surface area contributed by atoms with Crippen LogP contribution in [-0.2, 0) is 0 Å². The molecular weight excluding hydrogens is 258 g/mol. The number of rotatable bonds is 8. The predicted molar refractivity (Wildman–Crippen MR) is 93.5 cm³/mol. The van der Waals surface area contributed by atoms with E-state index in [9.17, 15) is 0 Å². The van der Waals surface area contributed by atoms with Crippen LogP contribution in [0.1, 0.15) is 33.6 Å². The summed E-state index contributed by atoms with van der Waals surface area (Å²) in [5.74, 6) is 0.805. The van der Waals surface area contributed by atoms with E-state index in [0.717, 1.165) is 25.6 Å². The van der Waals surface area contributed by atoms with Gasteiger partial charge in [-0.05, 0) is 70.0 Å². The van der Waals surface area contributed by atoms with Gasteiger partial charge >= 0.3 is 0 Å². The molecule has 0 bridgehead atoms. The summed E-state index contributed by atoms with van der Waals surface area (Å²) in [7, 11) is 0. The Bertz CT molecular complexity index is 397. The highest BCUT2D eigenvalue weighted by molar-refractivity contribution is 5.56. The van der Waals surface area contributed by atoms with Gasteiger partial charge in [0.15, 0.2) is 0 Å². The van der Waals surface area contributed by atoms with E-state index in [0.29, 0.717) is 0 Å². The summed E-state index contributed by atoms with van der Waals surface area (Å²) in [4.78, 5) is 4.93. The third-order valence-electron chi connectivity index (χ3n) is 4.49. The molecule has 1 aromatic rings. The molecule has 1 N–H and O–H groups in total. The second-order valence-electron chi connectivity index (χ2n) is 5.99. The Labute approximate surface area is 130 Å². The van der Waals surface area contributed by atoms with Crippen LogP contribution in [-0.4, -0.2) is 39.3 Å². The Kier molecular flexibility index (Phi) is 6.37. The molecule has 0 aliphatic carbocycles. The van der Waals surface area contributed by atoms with Gasteiger partial charge < -0.3 is 15.1 Å². The molecule has 1 aliphatic rings. The van der Waals surface area contributed by atoms with Crippen molar-refractivity contribution >= 4 is 11.4 Å². The van der Waals surface area contributed by atoms with Crippen LogP contribution in [0, 0.1) is 5.92 Å². The van der Waals surface area contributed by atoms with E-state index in [2.05, 4.69) is 60.2 Å². The zero-order valence-electron chi connectivity index (χ0n) is 13.9. The summed E-state index contributed by atoms with van der Waals surface area (Å²) in [6.07, 6.45) is 2.54. The molecule has 0 radical (unpaired) electrons. The van der Waals surface area contributed by atoms with Crippen molar-refractivity contribution in [3.63, 3.8) is 0 Å².